The molecule has 0 amide bonds. The molecule has 98 valence electrons. The number of ether oxygens (including phenoxy) is 1. The number of hydrogen-bond donors (Lipinski definition) is 0. The van der Waals surface area contributed by atoms with E-state index in [2.05, 4.69) is 28.1 Å². The summed E-state index contributed by atoms with van der Waals surface area (Å²) in [4.78, 5) is 0. The zero-order valence-corrected chi connectivity index (χ0v) is 12.7. The number of alkyl halides is 1. The van der Waals surface area contributed by atoms with Crippen LogP contribution in [0.15, 0.2) is 24.3 Å². The maximum Gasteiger partial charge on any atom is 0.0671 e. The topological polar surface area (TPSA) is 9.23 Å². The van der Waals surface area contributed by atoms with Crippen LogP contribution >= 0.6 is 27.5 Å². The Labute approximate surface area is 122 Å². The third-order valence-corrected chi connectivity index (χ3v) is 5.66. The number of halogens is 2. The maximum atomic E-state index is 6.02. The van der Waals surface area contributed by atoms with Crippen molar-refractivity contribution in [1.29, 1.82) is 0 Å². The van der Waals surface area contributed by atoms with Gasteiger partial charge in [0.15, 0.2) is 0 Å². The molecule has 2 atom stereocenters. The molecular weight excluding hydrogens is 312 g/mol. The Morgan fingerprint density at radius 3 is 2.61 bits per heavy atom. The summed E-state index contributed by atoms with van der Waals surface area (Å²) in [5, 5.41) is 1.84. The van der Waals surface area contributed by atoms with E-state index in [4.69, 9.17) is 16.3 Å². The van der Waals surface area contributed by atoms with Crippen molar-refractivity contribution in [3.8, 4) is 0 Å². The molecule has 1 aliphatic heterocycles. The van der Waals surface area contributed by atoms with Crippen LogP contribution in [-0.2, 0) is 11.2 Å². The predicted octanol–water partition coefficient (Wildman–Crippen LogP) is 4.46. The molecular formula is C15H18BrClO. The first-order chi connectivity index (χ1) is 8.73. The Morgan fingerprint density at radius 1 is 1.28 bits per heavy atom. The molecule has 0 bridgehead atoms. The van der Waals surface area contributed by atoms with Gasteiger partial charge in [-0.3, -0.25) is 0 Å². The third-order valence-electron chi connectivity index (χ3n) is 4.29. The minimum absolute atomic E-state index is 0.287. The number of rotatable bonds is 4. The highest BCUT2D eigenvalue weighted by Gasteiger charge is 2.50. The lowest BCUT2D eigenvalue weighted by atomic mass is 9.76. The van der Waals surface area contributed by atoms with E-state index in [1.165, 1.54) is 24.8 Å². The Bertz CT molecular complexity index is 415. The van der Waals surface area contributed by atoms with E-state index >= 15 is 0 Å². The minimum Gasteiger partial charge on any atom is -0.377 e. The molecule has 1 saturated carbocycles. The van der Waals surface area contributed by atoms with Crippen molar-refractivity contribution in [2.24, 2.45) is 11.3 Å². The molecule has 2 unspecified atom stereocenters. The van der Waals surface area contributed by atoms with Crippen LogP contribution in [0.1, 0.15) is 24.8 Å². The minimum atomic E-state index is 0.287. The zero-order valence-electron chi connectivity index (χ0n) is 10.4. The zero-order chi connectivity index (χ0) is 12.6. The van der Waals surface area contributed by atoms with Crippen LogP contribution in [0.25, 0.3) is 0 Å². The van der Waals surface area contributed by atoms with Crippen molar-refractivity contribution < 1.29 is 4.74 Å². The van der Waals surface area contributed by atoms with Gasteiger partial charge < -0.3 is 4.74 Å². The smallest absolute Gasteiger partial charge is 0.0671 e. The average Bonchev–Trinajstić information content (AvgIpc) is 3.14. The van der Waals surface area contributed by atoms with E-state index < -0.39 is 0 Å². The van der Waals surface area contributed by atoms with Gasteiger partial charge in [0.05, 0.1) is 6.10 Å². The summed E-state index contributed by atoms with van der Waals surface area (Å²) < 4.78 is 6.02. The van der Waals surface area contributed by atoms with E-state index in [0.717, 1.165) is 29.3 Å². The summed E-state index contributed by atoms with van der Waals surface area (Å²) in [5.74, 6) is 0.803. The van der Waals surface area contributed by atoms with Gasteiger partial charge in [-0.05, 0) is 49.3 Å². The van der Waals surface area contributed by atoms with Gasteiger partial charge in [-0.25, -0.2) is 0 Å². The summed E-state index contributed by atoms with van der Waals surface area (Å²) in [6, 6.07) is 8.27. The Morgan fingerprint density at radius 2 is 2.00 bits per heavy atom. The molecule has 1 aromatic rings. The van der Waals surface area contributed by atoms with Crippen LogP contribution in [0.5, 0.6) is 0 Å². The molecule has 2 fully saturated rings. The molecule has 2 aliphatic rings. The molecule has 1 aromatic carbocycles. The quantitative estimate of drug-likeness (QED) is 0.741. The van der Waals surface area contributed by atoms with E-state index in [-0.39, 0.29) is 5.41 Å². The lowest BCUT2D eigenvalue weighted by Gasteiger charge is -2.32. The second-order valence-electron chi connectivity index (χ2n) is 5.68. The summed E-state index contributed by atoms with van der Waals surface area (Å²) in [6.45, 7) is 0.917. The van der Waals surface area contributed by atoms with Gasteiger partial charge in [-0.1, -0.05) is 39.7 Å². The van der Waals surface area contributed by atoms with Crippen LogP contribution in [-0.4, -0.2) is 18.0 Å². The molecule has 1 saturated heterocycles. The van der Waals surface area contributed by atoms with Gasteiger partial charge in [-0.2, -0.15) is 0 Å². The van der Waals surface area contributed by atoms with Gasteiger partial charge in [0.1, 0.15) is 0 Å². The summed E-state index contributed by atoms with van der Waals surface area (Å²) in [7, 11) is 0. The van der Waals surface area contributed by atoms with E-state index in [1.54, 1.807) is 0 Å². The van der Waals surface area contributed by atoms with Crippen LogP contribution in [0.4, 0.5) is 0 Å². The van der Waals surface area contributed by atoms with E-state index in [9.17, 15) is 0 Å². The fourth-order valence-electron chi connectivity index (χ4n) is 3.13. The lowest BCUT2D eigenvalue weighted by molar-refractivity contribution is 0.0413. The van der Waals surface area contributed by atoms with Crippen LogP contribution in [0, 0.1) is 11.3 Å². The lowest BCUT2D eigenvalue weighted by Crippen LogP contribution is -2.36. The molecule has 1 aliphatic carbocycles. The third kappa shape index (κ3) is 2.48. The van der Waals surface area contributed by atoms with Crippen molar-refractivity contribution in [3.05, 3.63) is 34.9 Å². The van der Waals surface area contributed by atoms with Gasteiger partial charge in [0.25, 0.3) is 0 Å². The maximum absolute atomic E-state index is 6.02. The molecule has 18 heavy (non-hydrogen) atoms. The molecule has 3 rings (SSSR count). The summed E-state index contributed by atoms with van der Waals surface area (Å²) in [6.07, 6.45) is 5.41. The van der Waals surface area contributed by atoms with Crippen molar-refractivity contribution in [3.63, 3.8) is 0 Å². The van der Waals surface area contributed by atoms with Gasteiger partial charge >= 0.3 is 0 Å². The second kappa shape index (κ2) is 5.15. The van der Waals surface area contributed by atoms with Crippen LogP contribution in [0.3, 0.4) is 0 Å². The first kappa shape index (κ1) is 13.0. The van der Waals surface area contributed by atoms with Crippen LogP contribution < -0.4 is 0 Å². The Kier molecular flexibility index (Phi) is 3.70. The van der Waals surface area contributed by atoms with Gasteiger partial charge in [0, 0.05) is 22.4 Å². The van der Waals surface area contributed by atoms with Crippen molar-refractivity contribution >= 4 is 27.5 Å². The Hall–Kier alpha value is -0.0500. The highest BCUT2D eigenvalue weighted by Crippen LogP contribution is 2.50. The van der Waals surface area contributed by atoms with E-state index in [0.29, 0.717) is 6.10 Å². The standard InChI is InChI=1S/C15H18BrClO/c16-10-15(7-8-18-14(15)12-3-4-12)9-11-1-5-13(17)6-2-11/h1-2,5-6,12,14H,3-4,7-10H2. The molecule has 0 radical (unpaired) electrons. The van der Waals surface area contributed by atoms with Crippen molar-refractivity contribution in [1.82, 2.24) is 0 Å². The number of hydrogen-bond acceptors (Lipinski definition) is 1. The molecule has 0 aromatic heterocycles. The molecule has 3 heteroatoms. The van der Waals surface area contributed by atoms with Crippen molar-refractivity contribution in [2.75, 3.05) is 11.9 Å². The second-order valence-corrected chi connectivity index (χ2v) is 6.68. The monoisotopic (exact) mass is 328 g/mol. The fourth-order valence-corrected chi connectivity index (χ4v) is 4.05. The van der Waals surface area contributed by atoms with Gasteiger partial charge in [-0.15, -0.1) is 0 Å². The summed E-state index contributed by atoms with van der Waals surface area (Å²) >= 11 is 9.69. The molecule has 1 heterocycles. The largest absolute Gasteiger partial charge is 0.377 e. The molecule has 0 spiro atoms. The number of benzene rings is 1. The van der Waals surface area contributed by atoms with Gasteiger partial charge in [0.2, 0.25) is 0 Å². The first-order valence-corrected chi connectivity index (χ1v) is 8.15. The molecule has 0 N–H and O–H groups in total. The van der Waals surface area contributed by atoms with Crippen molar-refractivity contribution in [2.45, 2.75) is 31.8 Å². The SMILES string of the molecule is Clc1ccc(CC2(CBr)CCOC2C2CC2)cc1. The first-order valence-electron chi connectivity index (χ1n) is 6.65. The normalized spacial score (nSPS) is 31.8. The van der Waals surface area contributed by atoms with E-state index in [1.807, 2.05) is 12.1 Å². The highest BCUT2D eigenvalue weighted by atomic mass is 79.9. The summed E-state index contributed by atoms with van der Waals surface area (Å²) in [5.41, 5.74) is 1.66. The highest BCUT2D eigenvalue weighted by molar-refractivity contribution is 9.09. The van der Waals surface area contributed by atoms with Crippen LogP contribution in [0.2, 0.25) is 5.02 Å². The molecule has 1 nitrogen and oxygen atoms in total. The Balaban J connectivity index is 1.80. The predicted molar refractivity (Wildman–Crippen MR) is 78.5 cm³/mol. The fraction of sp³-hybridized carbons (Fsp3) is 0.600. The average molecular weight is 330 g/mol.